The Morgan fingerprint density at radius 3 is 2.27 bits per heavy atom. The number of amides is 2. The smallest absolute Gasteiger partial charge is 0.254 e. The summed E-state index contributed by atoms with van der Waals surface area (Å²) >= 11 is 0. The molecule has 2 aliphatic rings. The number of hydrogen-bond donors (Lipinski definition) is 0. The topological polar surface area (TPSA) is 37.4 Å². The molecule has 0 N–H and O–H groups in total. The zero-order valence-electron chi connectivity index (χ0n) is 13.6. The molecular weight excluding hydrogens is 274 g/mol. The highest BCUT2D eigenvalue weighted by Crippen LogP contribution is 2.48. The van der Waals surface area contributed by atoms with Gasteiger partial charge in [0.1, 0.15) is 0 Å². The SMILES string of the molecule is CCc1cc(CC)c2c(c1)[C@@H](CC)C[C@@H]2N1C(=O)C=CC1=O. The predicted octanol–water partition coefficient (Wildman–Crippen LogP) is 3.67. The number of rotatable bonds is 4. The summed E-state index contributed by atoms with van der Waals surface area (Å²) in [5.74, 6) is 0.108. The molecule has 1 aliphatic heterocycles. The summed E-state index contributed by atoms with van der Waals surface area (Å²) in [6, 6.07) is 4.46. The van der Waals surface area contributed by atoms with E-state index in [4.69, 9.17) is 0 Å². The summed E-state index contributed by atoms with van der Waals surface area (Å²) in [5.41, 5.74) is 5.24. The number of fused-ring (bicyclic) bond motifs is 1. The van der Waals surface area contributed by atoms with Crippen LogP contribution in [0.15, 0.2) is 24.3 Å². The van der Waals surface area contributed by atoms with E-state index in [1.165, 1.54) is 39.3 Å². The molecule has 2 amide bonds. The molecule has 0 radical (unpaired) electrons. The lowest BCUT2D eigenvalue weighted by Gasteiger charge is -2.25. The zero-order valence-corrected chi connectivity index (χ0v) is 13.6. The zero-order chi connectivity index (χ0) is 15.9. The van der Waals surface area contributed by atoms with Gasteiger partial charge < -0.3 is 0 Å². The molecule has 3 heteroatoms. The third-order valence-electron chi connectivity index (χ3n) is 5.08. The van der Waals surface area contributed by atoms with E-state index in [2.05, 4.69) is 32.9 Å². The normalized spacial score (nSPS) is 23.5. The molecule has 22 heavy (non-hydrogen) atoms. The van der Waals surface area contributed by atoms with Crippen LogP contribution < -0.4 is 0 Å². The third kappa shape index (κ3) is 2.20. The fraction of sp³-hybridized carbons (Fsp3) is 0.474. The summed E-state index contributed by atoms with van der Waals surface area (Å²) < 4.78 is 0. The Bertz CT molecular complexity index is 642. The lowest BCUT2D eigenvalue weighted by Crippen LogP contribution is -2.33. The summed E-state index contributed by atoms with van der Waals surface area (Å²) in [6.07, 6.45) is 6.66. The minimum Gasteiger partial charge on any atom is -0.269 e. The van der Waals surface area contributed by atoms with Crippen LogP contribution in [0.4, 0.5) is 0 Å². The summed E-state index contributed by atoms with van der Waals surface area (Å²) in [6.45, 7) is 6.51. The second-order valence-electron chi connectivity index (χ2n) is 6.20. The molecule has 0 fully saturated rings. The number of aryl methyl sites for hydroxylation is 2. The van der Waals surface area contributed by atoms with Crippen molar-refractivity contribution in [2.45, 2.75) is 58.4 Å². The monoisotopic (exact) mass is 297 g/mol. The molecule has 1 heterocycles. The van der Waals surface area contributed by atoms with Crippen molar-refractivity contribution >= 4 is 11.8 Å². The molecule has 1 aromatic carbocycles. The van der Waals surface area contributed by atoms with Gasteiger partial charge in [-0.25, -0.2) is 0 Å². The van der Waals surface area contributed by atoms with Crippen molar-refractivity contribution in [2.24, 2.45) is 0 Å². The predicted molar refractivity (Wildman–Crippen MR) is 86.6 cm³/mol. The average Bonchev–Trinajstić information content (AvgIpc) is 3.06. The maximum Gasteiger partial charge on any atom is 0.254 e. The molecule has 3 nitrogen and oxygen atoms in total. The number of benzene rings is 1. The van der Waals surface area contributed by atoms with Gasteiger partial charge in [0, 0.05) is 12.2 Å². The summed E-state index contributed by atoms with van der Waals surface area (Å²) in [4.78, 5) is 25.7. The number of nitrogens with zero attached hydrogens (tertiary/aromatic N) is 1. The quantitative estimate of drug-likeness (QED) is 0.795. The van der Waals surface area contributed by atoms with Crippen molar-refractivity contribution in [3.8, 4) is 0 Å². The fourth-order valence-corrected chi connectivity index (χ4v) is 3.90. The molecule has 0 spiro atoms. The van der Waals surface area contributed by atoms with Gasteiger partial charge in [0.25, 0.3) is 11.8 Å². The first-order valence-electron chi connectivity index (χ1n) is 8.31. The molecule has 0 saturated heterocycles. The molecule has 0 unspecified atom stereocenters. The third-order valence-corrected chi connectivity index (χ3v) is 5.08. The van der Waals surface area contributed by atoms with Crippen LogP contribution in [-0.2, 0) is 22.4 Å². The van der Waals surface area contributed by atoms with E-state index in [9.17, 15) is 9.59 Å². The number of carbonyl (C=O) groups is 2. The van der Waals surface area contributed by atoms with E-state index in [-0.39, 0.29) is 17.9 Å². The summed E-state index contributed by atoms with van der Waals surface area (Å²) in [5, 5.41) is 0. The van der Waals surface area contributed by atoms with Gasteiger partial charge in [0.2, 0.25) is 0 Å². The van der Waals surface area contributed by atoms with Crippen LogP contribution in [0.3, 0.4) is 0 Å². The van der Waals surface area contributed by atoms with E-state index in [0.29, 0.717) is 5.92 Å². The van der Waals surface area contributed by atoms with Crippen molar-refractivity contribution in [1.29, 1.82) is 0 Å². The van der Waals surface area contributed by atoms with Gasteiger partial charge in [0.15, 0.2) is 0 Å². The van der Waals surface area contributed by atoms with Gasteiger partial charge in [-0.1, -0.05) is 32.9 Å². The highest BCUT2D eigenvalue weighted by molar-refractivity contribution is 6.13. The van der Waals surface area contributed by atoms with Gasteiger partial charge in [0.05, 0.1) is 6.04 Å². The minimum absolute atomic E-state index is 0.0872. The highest BCUT2D eigenvalue weighted by Gasteiger charge is 2.40. The first-order chi connectivity index (χ1) is 10.6. The average molecular weight is 297 g/mol. The lowest BCUT2D eigenvalue weighted by atomic mass is 9.92. The van der Waals surface area contributed by atoms with Crippen LogP contribution in [0.1, 0.15) is 67.8 Å². The van der Waals surface area contributed by atoms with Crippen molar-refractivity contribution in [1.82, 2.24) is 4.90 Å². The second kappa shape index (κ2) is 5.71. The maximum absolute atomic E-state index is 12.1. The van der Waals surface area contributed by atoms with Crippen molar-refractivity contribution < 1.29 is 9.59 Å². The first-order valence-corrected chi connectivity index (χ1v) is 8.31. The standard InChI is InChI=1S/C19H23NO2/c1-4-12-9-14(6-3)19-15(10-12)13(5-2)11-16(19)20-17(21)7-8-18(20)22/h7-10,13,16H,4-6,11H2,1-3H3/t13-,16-/m0/s1. The lowest BCUT2D eigenvalue weighted by molar-refractivity contribution is -0.139. The molecule has 1 aromatic rings. The van der Waals surface area contributed by atoms with Crippen LogP contribution in [0, 0.1) is 0 Å². The Labute approximate surface area is 132 Å². The van der Waals surface area contributed by atoms with Crippen LogP contribution >= 0.6 is 0 Å². The van der Waals surface area contributed by atoms with Gasteiger partial charge in [-0.05, 0) is 53.9 Å². The minimum atomic E-state index is -0.167. The largest absolute Gasteiger partial charge is 0.269 e. The molecular formula is C19H23NO2. The maximum atomic E-state index is 12.1. The molecule has 116 valence electrons. The van der Waals surface area contributed by atoms with Crippen molar-refractivity contribution in [3.05, 3.63) is 46.5 Å². The van der Waals surface area contributed by atoms with E-state index in [1.807, 2.05) is 0 Å². The first kappa shape index (κ1) is 15.0. The second-order valence-corrected chi connectivity index (χ2v) is 6.20. The van der Waals surface area contributed by atoms with E-state index in [0.717, 1.165) is 25.7 Å². The van der Waals surface area contributed by atoms with E-state index in [1.54, 1.807) is 0 Å². The van der Waals surface area contributed by atoms with Crippen molar-refractivity contribution in [3.63, 3.8) is 0 Å². The number of hydrogen-bond acceptors (Lipinski definition) is 2. The molecule has 0 saturated carbocycles. The number of imide groups is 1. The molecule has 0 aromatic heterocycles. The van der Waals surface area contributed by atoms with Crippen LogP contribution in [0.25, 0.3) is 0 Å². The highest BCUT2D eigenvalue weighted by atomic mass is 16.2. The van der Waals surface area contributed by atoms with E-state index >= 15 is 0 Å². The van der Waals surface area contributed by atoms with Gasteiger partial charge >= 0.3 is 0 Å². The van der Waals surface area contributed by atoms with Gasteiger partial charge in [-0.15, -0.1) is 0 Å². The Hall–Kier alpha value is -1.90. The Balaban J connectivity index is 2.12. The molecule has 3 rings (SSSR count). The number of carbonyl (C=O) groups excluding carboxylic acids is 2. The van der Waals surface area contributed by atoms with Crippen LogP contribution in [0.5, 0.6) is 0 Å². The van der Waals surface area contributed by atoms with Gasteiger partial charge in [-0.2, -0.15) is 0 Å². The van der Waals surface area contributed by atoms with Crippen LogP contribution in [-0.4, -0.2) is 16.7 Å². The summed E-state index contributed by atoms with van der Waals surface area (Å²) in [7, 11) is 0. The Morgan fingerprint density at radius 1 is 1.05 bits per heavy atom. The molecule has 0 bridgehead atoms. The Morgan fingerprint density at radius 2 is 1.73 bits per heavy atom. The van der Waals surface area contributed by atoms with Crippen molar-refractivity contribution in [2.75, 3.05) is 0 Å². The van der Waals surface area contributed by atoms with E-state index < -0.39 is 0 Å². The van der Waals surface area contributed by atoms with Crippen LogP contribution in [0.2, 0.25) is 0 Å². The van der Waals surface area contributed by atoms with Gasteiger partial charge in [-0.3, -0.25) is 14.5 Å². The fourth-order valence-electron chi connectivity index (χ4n) is 3.90. The molecule has 2 atom stereocenters. The Kier molecular flexibility index (Phi) is 3.90. The molecule has 1 aliphatic carbocycles.